The standard InChI is InChI=1S/C17H14N2OS/c1-12-6-8-13(9-7-12)16(20)11-21-17-15-5-3-2-4-14(15)10-18-19-17/h2-10H,11H2,1H3. The second-order valence-corrected chi connectivity index (χ2v) is 5.78. The maximum atomic E-state index is 12.2. The molecule has 0 fully saturated rings. The minimum atomic E-state index is 0.106. The summed E-state index contributed by atoms with van der Waals surface area (Å²) >= 11 is 1.43. The van der Waals surface area contributed by atoms with Crippen molar-refractivity contribution in [3.63, 3.8) is 0 Å². The van der Waals surface area contributed by atoms with Gasteiger partial charge in [0.1, 0.15) is 5.03 Å². The van der Waals surface area contributed by atoms with Gasteiger partial charge in [-0.05, 0) is 6.92 Å². The van der Waals surface area contributed by atoms with Crippen molar-refractivity contribution in [1.29, 1.82) is 0 Å². The Kier molecular flexibility index (Phi) is 3.97. The number of ketones is 1. The van der Waals surface area contributed by atoms with Crippen molar-refractivity contribution in [2.45, 2.75) is 11.9 Å². The minimum Gasteiger partial charge on any atom is -0.293 e. The molecule has 0 spiro atoms. The lowest BCUT2D eigenvalue weighted by Gasteiger charge is -2.04. The summed E-state index contributed by atoms with van der Waals surface area (Å²) in [6.45, 7) is 2.01. The van der Waals surface area contributed by atoms with E-state index in [1.165, 1.54) is 11.8 Å². The van der Waals surface area contributed by atoms with E-state index in [2.05, 4.69) is 10.2 Å². The third-order valence-corrected chi connectivity index (χ3v) is 4.23. The highest BCUT2D eigenvalue weighted by Gasteiger charge is 2.09. The number of carbonyl (C=O) groups excluding carboxylic acids is 1. The Bertz CT molecular complexity index is 779. The van der Waals surface area contributed by atoms with E-state index >= 15 is 0 Å². The number of hydrogen-bond donors (Lipinski definition) is 0. The molecule has 0 aliphatic carbocycles. The van der Waals surface area contributed by atoms with Crippen molar-refractivity contribution in [1.82, 2.24) is 10.2 Å². The number of Topliss-reactive ketones (excluding diaryl/α,β-unsaturated/α-hetero) is 1. The molecule has 3 nitrogen and oxygen atoms in total. The van der Waals surface area contributed by atoms with Gasteiger partial charge in [0, 0.05) is 16.3 Å². The topological polar surface area (TPSA) is 42.9 Å². The zero-order chi connectivity index (χ0) is 14.7. The highest BCUT2D eigenvalue weighted by Crippen LogP contribution is 2.25. The van der Waals surface area contributed by atoms with Crippen LogP contribution >= 0.6 is 11.8 Å². The Labute approximate surface area is 127 Å². The Morgan fingerprint density at radius 1 is 1.10 bits per heavy atom. The number of hydrogen-bond acceptors (Lipinski definition) is 4. The number of aryl methyl sites for hydroxylation is 1. The van der Waals surface area contributed by atoms with E-state index in [-0.39, 0.29) is 5.78 Å². The lowest BCUT2D eigenvalue weighted by atomic mass is 10.1. The number of fused-ring (bicyclic) bond motifs is 1. The largest absolute Gasteiger partial charge is 0.293 e. The van der Waals surface area contributed by atoms with Gasteiger partial charge >= 0.3 is 0 Å². The lowest BCUT2D eigenvalue weighted by Crippen LogP contribution is -2.02. The first-order chi connectivity index (χ1) is 10.2. The van der Waals surface area contributed by atoms with Gasteiger partial charge in [0.25, 0.3) is 0 Å². The van der Waals surface area contributed by atoms with Crippen molar-refractivity contribution in [2.24, 2.45) is 0 Å². The van der Waals surface area contributed by atoms with Gasteiger partial charge in [-0.1, -0.05) is 65.9 Å². The molecule has 0 amide bonds. The van der Waals surface area contributed by atoms with Crippen LogP contribution in [0, 0.1) is 6.92 Å². The highest BCUT2D eigenvalue weighted by atomic mass is 32.2. The number of aromatic nitrogens is 2. The Balaban J connectivity index is 1.77. The van der Waals surface area contributed by atoms with E-state index in [0.717, 1.165) is 26.9 Å². The molecule has 1 heterocycles. The van der Waals surface area contributed by atoms with E-state index < -0.39 is 0 Å². The van der Waals surface area contributed by atoms with Crippen molar-refractivity contribution in [3.05, 3.63) is 65.9 Å². The summed E-state index contributed by atoms with van der Waals surface area (Å²) in [5, 5.41) is 11.0. The molecule has 3 rings (SSSR count). The third-order valence-electron chi connectivity index (χ3n) is 3.25. The number of carbonyl (C=O) groups is 1. The summed E-state index contributed by atoms with van der Waals surface area (Å²) in [6, 6.07) is 15.6. The fraction of sp³-hybridized carbons (Fsp3) is 0.118. The Morgan fingerprint density at radius 2 is 1.86 bits per heavy atom. The first kappa shape index (κ1) is 13.8. The number of benzene rings is 2. The van der Waals surface area contributed by atoms with Crippen LogP contribution in [-0.2, 0) is 0 Å². The maximum Gasteiger partial charge on any atom is 0.173 e. The summed E-state index contributed by atoms with van der Waals surface area (Å²) in [4.78, 5) is 12.2. The predicted octanol–water partition coefficient (Wildman–Crippen LogP) is 3.91. The van der Waals surface area contributed by atoms with Crippen molar-refractivity contribution in [3.8, 4) is 0 Å². The molecule has 0 atom stereocenters. The molecule has 3 aromatic rings. The number of thioether (sulfide) groups is 1. The molecule has 0 aliphatic rings. The fourth-order valence-electron chi connectivity index (χ4n) is 2.07. The van der Waals surface area contributed by atoms with Crippen LogP contribution in [0.3, 0.4) is 0 Å². The molecule has 0 saturated carbocycles. The van der Waals surface area contributed by atoms with E-state index in [4.69, 9.17) is 0 Å². The summed E-state index contributed by atoms with van der Waals surface area (Å²) in [6.07, 6.45) is 1.74. The molecule has 0 saturated heterocycles. The van der Waals surface area contributed by atoms with Gasteiger partial charge in [-0.3, -0.25) is 4.79 Å². The van der Waals surface area contributed by atoms with E-state index in [1.54, 1.807) is 6.20 Å². The number of nitrogens with zero attached hydrogens (tertiary/aromatic N) is 2. The zero-order valence-corrected chi connectivity index (χ0v) is 12.4. The summed E-state index contributed by atoms with van der Waals surface area (Å²) in [7, 11) is 0. The average molecular weight is 294 g/mol. The van der Waals surface area contributed by atoms with E-state index in [1.807, 2.05) is 55.5 Å². The molecule has 0 radical (unpaired) electrons. The summed E-state index contributed by atoms with van der Waals surface area (Å²) < 4.78 is 0. The maximum absolute atomic E-state index is 12.2. The van der Waals surface area contributed by atoms with Gasteiger partial charge in [-0.2, -0.15) is 5.10 Å². The lowest BCUT2D eigenvalue weighted by molar-refractivity contribution is 0.102. The van der Waals surface area contributed by atoms with Crippen LogP contribution < -0.4 is 0 Å². The quantitative estimate of drug-likeness (QED) is 0.540. The normalized spacial score (nSPS) is 10.7. The van der Waals surface area contributed by atoms with Crippen LogP contribution in [0.2, 0.25) is 0 Å². The highest BCUT2D eigenvalue weighted by molar-refractivity contribution is 8.00. The SMILES string of the molecule is Cc1ccc(C(=O)CSc2nncc3ccccc23)cc1. The van der Waals surface area contributed by atoms with Crippen molar-refractivity contribution >= 4 is 28.3 Å². The zero-order valence-electron chi connectivity index (χ0n) is 11.6. The molecule has 4 heteroatoms. The first-order valence-corrected chi connectivity index (χ1v) is 7.66. The van der Waals surface area contributed by atoms with Gasteiger partial charge in [-0.25, -0.2) is 0 Å². The molecule has 2 aromatic carbocycles. The van der Waals surface area contributed by atoms with Crippen molar-refractivity contribution < 1.29 is 4.79 Å². The predicted molar refractivity (Wildman–Crippen MR) is 85.8 cm³/mol. The molecule has 0 aliphatic heterocycles. The molecular weight excluding hydrogens is 280 g/mol. The van der Waals surface area contributed by atoms with Gasteiger partial charge in [-0.15, -0.1) is 5.10 Å². The minimum absolute atomic E-state index is 0.106. The molecular formula is C17H14N2OS. The first-order valence-electron chi connectivity index (χ1n) is 6.67. The Morgan fingerprint density at radius 3 is 2.67 bits per heavy atom. The fourth-order valence-corrected chi connectivity index (χ4v) is 2.95. The van der Waals surface area contributed by atoms with Crippen LogP contribution in [0.5, 0.6) is 0 Å². The monoisotopic (exact) mass is 294 g/mol. The molecule has 1 aromatic heterocycles. The Hall–Kier alpha value is -2.20. The van der Waals surface area contributed by atoms with Crippen LogP contribution in [0.15, 0.2) is 59.8 Å². The van der Waals surface area contributed by atoms with Gasteiger partial charge in [0.05, 0.1) is 11.9 Å². The molecule has 0 bridgehead atoms. The van der Waals surface area contributed by atoms with E-state index in [0.29, 0.717) is 5.75 Å². The second kappa shape index (κ2) is 6.06. The van der Waals surface area contributed by atoms with Gasteiger partial charge in [0.2, 0.25) is 0 Å². The van der Waals surface area contributed by atoms with E-state index in [9.17, 15) is 4.79 Å². The van der Waals surface area contributed by atoms with Crippen LogP contribution in [0.25, 0.3) is 10.8 Å². The third kappa shape index (κ3) is 3.11. The van der Waals surface area contributed by atoms with Crippen LogP contribution in [-0.4, -0.2) is 21.7 Å². The molecule has 0 N–H and O–H groups in total. The van der Waals surface area contributed by atoms with Gasteiger partial charge < -0.3 is 0 Å². The second-order valence-electron chi connectivity index (χ2n) is 4.81. The van der Waals surface area contributed by atoms with Gasteiger partial charge in [0.15, 0.2) is 5.78 Å². The van der Waals surface area contributed by atoms with Crippen LogP contribution in [0.1, 0.15) is 15.9 Å². The summed E-state index contributed by atoms with van der Waals surface area (Å²) in [5.74, 6) is 0.473. The molecule has 21 heavy (non-hydrogen) atoms. The van der Waals surface area contributed by atoms with Crippen LogP contribution in [0.4, 0.5) is 0 Å². The number of rotatable bonds is 4. The average Bonchev–Trinajstić information content (AvgIpc) is 2.53. The smallest absolute Gasteiger partial charge is 0.173 e. The van der Waals surface area contributed by atoms with Crippen molar-refractivity contribution in [2.75, 3.05) is 5.75 Å². The molecule has 104 valence electrons. The summed E-state index contributed by atoms with van der Waals surface area (Å²) in [5.41, 5.74) is 1.89. The molecule has 0 unspecified atom stereocenters.